The second-order valence-corrected chi connectivity index (χ2v) is 2.45. The zero-order chi connectivity index (χ0) is 8.43. The van der Waals surface area contributed by atoms with Crippen LogP contribution >= 0.6 is 0 Å². The molecule has 11 heavy (non-hydrogen) atoms. The van der Waals surface area contributed by atoms with Gasteiger partial charge in [-0.05, 0) is 5.92 Å². The Morgan fingerprint density at radius 1 is 1.55 bits per heavy atom. The van der Waals surface area contributed by atoms with Crippen LogP contribution in [0.5, 0.6) is 0 Å². The lowest BCUT2D eigenvalue weighted by Gasteiger charge is -2.35. The van der Waals surface area contributed by atoms with Gasteiger partial charge in [-0.3, -0.25) is 9.59 Å². The molecule has 4 nitrogen and oxygen atoms in total. The predicted molar refractivity (Wildman–Crippen MR) is 38.1 cm³/mol. The van der Waals surface area contributed by atoms with Gasteiger partial charge in [0, 0.05) is 13.1 Å². The molecule has 0 unspecified atom stereocenters. The summed E-state index contributed by atoms with van der Waals surface area (Å²) in [6.07, 6.45) is 4.85. The number of hydrogen-bond donors (Lipinski definition) is 1. The highest BCUT2D eigenvalue weighted by molar-refractivity contribution is 5.94. The Morgan fingerprint density at radius 2 is 2.09 bits per heavy atom. The molecule has 1 aliphatic heterocycles. The number of amides is 2. The summed E-state index contributed by atoms with van der Waals surface area (Å²) < 4.78 is 0. The van der Waals surface area contributed by atoms with Gasteiger partial charge < -0.3 is 10.6 Å². The van der Waals surface area contributed by atoms with Gasteiger partial charge in [-0.1, -0.05) is 0 Å². The minimum absolute atomic E-state index is 0.202. The molecule has 0 saturated carbocycles. The van der Waals surface area contributed by atoms with Crippen molar-refractivity contribution in [1.29, 1.82) is 0 Å². The van der Waals surface area contributed by atoms with E-state index in [4.69, 9.17) is 12.2 Å². The van der Waals surface area contributed by atoms with E-state index in [2.05, 4.69) is 0 Å². The summed E-state index contributed by atoms with van der Waals surface area (Å²) in [4.78, 5) is 22.6. The third-order valence-corrected chi connectivity index (χ3v) is 1.69. The van der Waals surface area contributed by atoms with E-state index in [-0.39, 0.29) is 17.7 Å². The SMILES string of the molecule is C#CC(=O)N1CC(C(N)=O)C1. The molecular formula is C7H8N2O2. The van der Waals surface area contributed by atoms with Crippen molar-refractivity contribution in [2.75, 3.05) is 13.1 Å². The van der Waals surface area contributed by atoms with Crippen molar-refractivity contribution < 1.29 is 9.59 Å². The molecule has 58 valence electrons. The summed E-state index contributed by atoms with van der Waals surface area (Å²) in [6, 6.07) is 0. The minimum Gasteiger partial charge on any atom is -0.369 e. The lowest BCUT2D eigenvalue weighted by molar-refractivity contribution is -0.137. The zero-order valence-electron chi connectivity index (χ0n) is 5.91. The summed E-state index contributed by atoms with van der Waals surface area (Å²) in [6.45, 7) is 0.747. The van der Waals surface area contributed by atoms with Crippen LogP contribution in [0.2, 0.25) is 0 Å². The molecule has 0 bridgehead atoms. The van der Waals surface area contributed by atoms with Gasteiger partial charge in [0.25, 0.3) is 5.91 Å². The molecule has 0 aromatic carbocycles. The Morgan fingerprint density at radius 3 is 2.45 bits per heavy atom. The average molecular weight is 152 g/mol. The van der Waals surface area contributed by atoms with Crippen molar-refractivity contribution in [3.05, 3.63) is 0 Å². The quantitative estimate of drug-likeness (QED) is 0.468. The molecule has 0 atom stereocenters. The van der Waals surface area contributed by atoms with Gasteiger partial charge >= 0.3 is 0 Å². The third kappa shape index (κ3) is 1.32. The number of nitrogens with two attached hydrogens (primary N) is 1. The zero-order valence-corrected chi connectivity index (χ0v) is 5.91. The van der Waals surface area contributed by atoms with Crippen molar-refractivity contribution >= 4 is 11.8 Å². The first-order valence-electron chi connectivity index (χ1n) is 3.20. The number of carbonyl (C=O) groups excluding carboxylic acids is 2. The number of rotatable bonds is 1. The largest absolute Gasteiger partial charge is 0.369 e. The second-order valence-electron chi connectivity index (χ2n) is 2.45. The Kier molecular flexibility index (Phi) is 1.81. The first-order chi connectivity index (χ1) is 5.15. The Balaban J connectivity index is 2.37. The van der Waals surface area contributed by atoms with Gasteiger partial charge in [0.15, 0.2) is 0 Å². The lowest BCUT2D eigenvalue weighted by atomic mass is 10.00. The maximum Gasteiger partial charge on any atom is 0.298 e. The fourth-order valence-electron chi connectivity index (χ4n) is 0.916. The van der Waals surface area contributed by atoms with E-state index in [9.17, 15) is 9.59 Å². The van der Waals surface area contributed by atoms with E-state index in [0.29, 0.717) is 13.1 Å². The van der Waals surface area contributed by atoms with Gasteiger partial charge in [0.2, 0.25) is 5.91 Å². The van der Waals surface area contributed by atoms with Gasteiger partial charge in [-0.15, -0.1) is 6.42 Å². The highest BCUT2D eigenvalue weighted by atomic mass is 16.2. The van der Waals surface area contributed by atoms with E-state index in [1.165, 1.54) is 4.90 Å². The molecule has 4 heteroatoms. The van der Waals surface area contributed by atoms with E-state index in [1.807, 2.05) is 5.92 Å². The molecule has 2 amide bonds. The van der Waals surface area contributed by atoms with Crippen LogP contribution in [-0.2, 0) is 9.59 Å². The fourth-order valence-corrected chi connectivity index (χ4v) is 0.916. The van der Waals surface area contributed by atoms with E-state index in [0.717, 1.165) is 0 Å². The molecule has 0 radical (unpaired) electrons. The van der Waals surface area contributed by atoms with Crippen LogP contribution in [0.25, 0.3) is 0 Å². The van der Waals surface area contributed by atoms with Crippen molar-refractivity contribution in [2.24, 2.45) is 11.7 Å². The van der Waals surface area contributed by atoms with E-state index in [1.54, 1.807) is 0 Å². The van der Waals surface area contributed by atoms with E-state index < -0.39 is 0 Å². The minimum atomic E-state index is -0.373. The maximum absolute atomic E-state index is 10.7. The highest BCUT2D eigenvalue weighted by Crippen LogP contribution is 2.13. The van der Waals surface area contributed by atoms with E-state index >= 15 is 0 Å². The number of primary amides is 1. The number of hydrogen-bond acceptors (Lipinski definition) is 2. The first kappa shape index (κ1) is 7.61. The summed E-state index contributed by atoms with van der Waals surface area (Å²) in [5, 5.41) is 0. The molecular weight excluding hydrogens is 144 g/mol. The molecule has 1 fully saturated rings. The highest BCUT2D eigenvalue weighted by Gasteiger charge is 2.33. The molecule has 1 rings (SSSR count). The molecule has 1 saturated heterocycles. The van der Waals surface area contributed by atoms with Crippen molar-refractivity contribution in [3.8, 4) is 12.3 Å². The van der Waals surface area contributed by atoms with Gasteiger partial charge in [-0.25, -0.2) is 0 Å². The monoisotopic (exact) mass is 152 g/mol. The Bertz CT molecular complexity index is 235. The van der Waals surface area contributed by atoms with Crippen LogP contribution < -0.4 is 5.73 Å². The van der Waals surface area contributed by atoms with Crippen LogP contribution in [0, 0.1) is 18.3 Å². The van der Waals surface area contributed by atoms with Gasteiger partial charge in [0.05, 0.1) is 5.92 Å². The number of likely N-dealkylation sites (tertiary alicyclic amines) is 1. The number of terminal acetylenes is 1. The smallest absolute Gasteiger partial charge is 0.298 e. The molecule has 0 aromatic heterocycles. The second kappa shape index (κ2) is 2.62. The first-order valence-corrected chi connectivity index (χ1v) is 3.20. The Labute approximate surface area is 64.3 Å². The summed E-state index contributed by atoms with van der Waals surface area (Å²) in [7, 11) is 0. The van der Waals surface area contributed by atoms with Crippen LogP contribution in [0.1, 0.15) is 0 Å². The standard InChI is InChI=1S/C7H8N2O2/c1-2-6(10)9-3-5(4-9)7(8)11/h1,5H,3-4H2,(H2,8,11). The molecule has 1 heterocycles. The topological polar surface area (TPSA) is 63.4 Å². The summed E-state index contributed by atoms with van der Waals surface area (Å²) in [5.74, 6) is 1.02. The molecule has 2 N–H and O–H groups in total. The number of nitrogens with zero attached hydrogens (tertiary/aromatic N) is 1. The molecule has 0 spiro atoms. The molecule has 0 aliphatic carbocycles. The van der Waals surface area contributed by atoms with Gasteiger partial charge in [-0.2, -0.15) is 0 Å². The van der Waals surface area contributed by atoms with Crippen LogP contribution in [0.15, 0.2) is 0 Å². The van der Waals surface area contributed by atoms with Crippen molar-refractivity contribution in [3.63, 3.8) is 0 Å². The fraction of sp³-hybridized carbons (Fsp3) is 0.429. The third-order valence-electron chi connectivity index (χ3n) is 1.69. The summed E-state index contributed by atoms with van der Waals surface area (Å²) >= 11 is 0. The van der Waals surface area contributed by atoms with Crippen molar-refractivity contribution in [1.82, 2.24) is 4.90 Å². The van der Waals surface area contributed by atoms with Crippen molar-refractivity contribution in [2.45, 2.75) is 0 Å². The normalized spacial score (nSPS) is 16.8. The predicted octanol–water partition coefficient (Wildman–Crippen LogP) is -1.44. The van der Waals surface area contributed by atoms with Gasteiger partial charge in [0.1, 0.15) is 0 Å². The lowest BCUT2D eigenvalue weighted by Crippen LogP contribution is -2.54. The maximum atomic E-state index is 10.7. The van der Waals surface area contributed by atoms with Crippen LogP contribution in [0.3, 0.4) is 0 Å². The summed E-state index contributed by atoms with van der Waals surface area (Å²) in [5.41, 5.74) is 4.97. The molecule has 0 aromatic rings. The Hall–Kier alpha value is -1.50. The van der Waals surface area contributed by atoms with Crippen LogP contribution in [-0.4, -0.2) is 29.8 Å². The van der Waals surface area contributed by atoms with Crippen LogP contribution in [0.4, 0.5) is 0 Å². The average Bonchev–Trinajstić information content (AvgIpc) is 1.83. The molecule has 1 aliphatic rings. The number of carbonyl (C=O) groups is 2.